The third-order valence-electron chi connectivity index (χ3n) is 2.74. The smallest absolute Gasteiger partial charge is 0.322 e. The van der Waals surface area contributed by atoms with Crippen LogP contribution in [0.15, 0.2) is 24.3 Å². The van der Waals surface area contributed by atoms with Crippen LogP contribution in [0.5, 0.6) is 0 Å². The van der Waals surface area contributed by atoms with Gasteiger partial charge in [-0.05, 0) is 30.5 Å². The summed E-state index contributed by atoms with van der Waals surface area (Å²) >= 11 is 0. The molecule has 0 aliphatic heterocycles. The van der Waals surface area contributed by atoms with Crippen LogP contribution in [0.1, 0.15) is 12.0 Å². The molecule has 0 fully saturated rings. The van der Waals surface area contributed by atoms with E-state index in [0.29, 0.717) is 5.56 Å². The number of carboxylic acids is 1. The van der Waals surface area contributed by atoms with Crippen molar-refractivity contribution in [3.05, 3.63) is 35.6 Å². The number of aldehydes is 1. The Hall–Kier alpha value is -1.85. The minimum atomic E-state index is -3.28. The van der Waals surface area contributed by atoms with E-state index in [9.17, 15) is 22.8 Å². The van der Waals surface area contributed by atoms with Gasteiger partial charge in [-0.25, -0.2) is 13.2 Å². The van der Waals surface area contributed by atoms with Gasteiger partial charge in [-0.3, -0.25) is 4.79 Å². The monoisotopic (exact) mass is 260 g/mol. The number of benzene rings is 1. The minimum absolute atomic E-state index is 0.0460. The molecule has 1 aromatic carbocycles. The van der Waals surface area contributed by atoms with Gasteiger partial charge in [-0.2, -0.15) is 0 Å². The molecule has 0 aromatic heterocycles. The second-order valence-corrected chi connectivity index (χ2v) is 3.89. The quantitative estimate of drug-likeness (QED) is 0.630. The number of rotatable bonds is 6. The van der Waals surface area contributed by atoms with Crippen LogP contribution in [0, 0.1) is 11.2 Å². The maximum atomic E-state index is 12.7. The number of aryl methyl sites for hydroxylation is 1. The number of carbonyl (C=O) groups is 2. The first-order valence-electron chi connectivity index (χ1n) is 5.14. The van der Waals surface area contributed by atoms with E-state index in [1.807, 2.05) is 0 Å². The molecule has 1 unspecified atom stereocenters. The number of halogens is 3. The Morgan fingerprint density at radius 2 is 1.89 bits per heavy atom. The summed E-state index contributed by atoms with van der Waals surface area (Å²) in [6.45, 7) is 0. The second-order valence-electron chi connectivity index (χ2n) is 3.89. The molecule has 0 bridgehead atoms. The summed E-state index contributed by atoms with van der Waals surface area (Å²) < 4.78 is 38.0. The number of carbonyl (C=O) groups excluding carboxylic acids is 1. The topological polar surface area (TPSA) is 54.4 Å². The Morgan fingerprint density at radius 1 is 1.33 bits per heavy atom. The highest BCUT2D eigenvalue weighted by atomic mass is 19.3. The van der Waals surface area contributed by atoms with Crippen LogP contribution in [0.2, 0.25) is 0 Å². The van der Waals surface area contributed by atoms with Crippen molar-refractivity contribution < 1.29 is 27.9 Å². The normalized spacial score (nSPS) is 14.2. The van der Waals surface area contributed by atoms with Crippen LogP contribution in [0.25, 0.3) is 0 Å². The molecule has 0 amide bonds. The lowest BCUT2D eigenvalue weighted by molar-refractivity contribution is -0.161. The van der Waals surface area contributed by atoms with Crippen molar-refractivity contribution >= 4 is 12.3 Å². The summed E-state index contributed by atoms with van der Waals surface area (Å²) in [5, 5.41) is 8.75. The summed E-state index contributed by atoms with van der Waals surface area (Å²) in [6, 6.07) is 5.00. The molecule has 18 heavy (non-hydrogen) atoms. The van der Waals surface area contributed by atoms with Crippen molar-refractivity contribution in [2.24, 2.45) is 5.41 Å². The first-order chi connectivity index (χ1) is 8.42. The average Bonchev–Trinajstić information content (AvgIpc) is 2.32. The van der Waals surface area contributed by atoms with Crippen LogP contribution in [-0.4, -0.2) is 23.8 Å². The van der Waals surface area contributed by atoms with E-state index in [2.05, 4.69) is 0 Å². The van der Waals surface area contributed by atoms with E-state index >= 15 is 0 Å². The van der Waals surface area contributed by atoms with E-state index in [1.165, 1.54) is 12.1 Å². The Bertz CT molecular complexity index is 431. The molecule has 1 rings (SSSR count). The molecule has 0 radical (unpaired) electrons. The van der Waals surface area contributed by atoms with Gasteiger partial charge in [0.1, 0.15) is 12.1 Å². The molecular formula is C12H11F3O3. The lowest BCUT2D eigenvalue weighted by atomic mass is 9.84. The summed E-state index contributed by atoms with van der Waals surface area (Å²) in [5.74, 6) is -2.33. The molecule has 3 nitrogen and oxygen atoms in total. The van der Waals surface area contributed by atoms with Gasteiger partial charge in [0, 0.05) is 0 Å². The molecule has 0 heterocycles. The predicted molar refractivity (Wildman–Crippen MR) is 56.9 cm³/mol. The van der Waals surface area contributed by atoms with Crippen molar-refractivity contribution in [2.45, 2.75) is 19.3 Å². The first kappa shape index (κ1) is 14.2. The molecule has 0 saturated carbocycles. The van der Waals surface area contributed by atoms with Gasteiger partial charge in [0.25, 0.3) is 6.43 Å². The summed E-state index contributed by atoms with van der Waals surface area (Å²) in [6.07, 6.45) is -4.10. The number of hydrogen-bond donors (Lipinski definition) is 1. The van der Waals surface area contributed by atoms with Crippen molar-refractivity contribution in [3.8, 4) is 0 Å². The minimum Gasteiger partial charge on any atom is -0.480 e. The summed E-state index contributed by atoms with van der Waals surface area (Å²) in [5.41, 5.74) is -2.21. The molecule has 1 atom stereocenters. The molecule has 0 aliphatic rings. The summed E-state index contributed by atoms with van der Waals surface area (Å²) in [7, 11) is 0. The molecule has 6 heteroatoms. The maximum Gasteiger partial charge on any atom is 0.322 e. The number of carboxylic acid groups (broad SMARTS) is 1. The predicted octanol–water partition coefficient (Wildman–Crippen LogP) is 2.29. The first-order valence-corrected chi connectivity index (χ1v) is 5.14. The Kier molecular flexibility index (Phi) is 4.47. The molecular weight excluding hydrogens is 249 g/mol. The zero-order valence-corrected chi connectivity index (χ0v) is 9.28. The third kappa shape index (κ3) is 2.88. The van der Waals surface area contributed by atoms with Crippen molar-refractivity contribution in [2.75, 3.05) is 0 Å². The summed E-state index contributed by atoms with van der Waals surface area (Å²) in [4.78, 5) is 21.5. The van der Waals surface area contributed by atoms with Gasteiger partial charge < -0.3 is 9.90 Å². The van der Waals surface area contributed by atoms with E-state index in [-0.39, 0.29) is 12.7 Å². The number of aliphatic carboxylic acids is 1. The zero-order valence-electron chi connectivity index (χ0n) is 9.28. The standard InChI is InChI=1S/C12H11F3O3/c13-9-3-1-8(2-4-9)5-6-12(7-16,10(14)15)11(17)18/h1-4,7,10H,5-6H2,(H,17,18). The SMILES string of the molecule is O=CC(CCc1ccc(F)cc1)(C(=O)O)C(F)F. The highest BCUT2D eigenvalue weighted by Crippen LogP contribution is 2.30. The lowest BCUT2D eigenvalue weighted by Crippen LogP contribution is -2.40. The van der Waals surface area contributed by atoms with Crippen LogP contribution in [0.3, 0.4) is 0 Å². The molecule has 0 saturated heterocycles. The van der Waals surface area contributed by atoms with Gasteiger partial charge in [0.2, 0.25) is 0 Å². The van der Waals surface area contributed by atoms with E-state index in [1.54, 1.807) is 0 Å². The fourth-order valence-corrected chi connectivity index (χ4v) is 1.47. The van der Waals surface area contributed by atoms with Crippen molar-refractivity contribution in [1.82, 2.24) is 0 Å². The van der Waals surface area contributed by atoms with E-state index < -0.39 is 30.0 Å². The molecule has 98 valence electrons. The fourth-order valence-electron chi connectivity index (χ4n) is 1.47. The highest BCUT2D eigenvalue weighted by Gasteiger charge is 2.47. The fraction of sp³-hybridized carbons (Fsp3) is 0.333. The van der Waals surface area contributed by atoms with Gasteiger partial charge in [0.15, 0.2) is 5.41 Å². The molecule has 0 spiro atoms. The average molecular weight is 260 g/mol. The van der Waals surface area contributed by atoms with Gasteiger partial charge >= 0.3 is 5.97 Å². The molecule has 1 N–H and O–H groups in total. The Balaban J connectivity index is 2.83. The largest absolute Gasteiger partial charge is 0.480 e. The van der Waals surface area contributed by atoms with Crippen LogP contribution >= 0.6 is 0 Å². The van der Waals surface area contributed by atoms with Crippen molar-refractivity contribution in [3.63, 3.8) is 0 Å². The lowest BCUT2D eigenvalue weighted by Gasteiger charge is -2.21. The molecule has 1 aromatic rings. The van der Waals surface area contributed by atoms with Crippen LogP contribution in [-0.2, 0) is 16.0 Å². The zero-order chi connectivity index (χ0) is 13.8. The highest BCUT2D eigenvalue weighted by molar-refractivity contribution is 5.92. The Labute approximate surface area is 101 Å². The third-order valence-corrected chi connectivity index (χ3v) is 2.74. The Morgan fingerprint density at radius 3 is 2.28 bits per heavy atom. The van der Waals surface area contributed by atoms with E-state index in [0.717, 1.165) is 12.1 Å². The van der Waals surface area contributed by atoms with Gasteiger partial charge in [-0.1, -0.05) is 12.1 Å². The van der Waals surface area contributed by atoms with Crippen LogP contribution < -0.4 is 0 Å². The maximum absolute atomic E-state index is 12.7. The molecule has 0 aliphatic carbocycles. The van der Waals surface area contributed by atoms with E-state index in [4.69, 9.17) is 5.11 Å². The number of alkyl halides is 2. The second kappa shape index (κ2) is 5.66. The number of hydrogen-bond acceptors (Lipinski definition) is 2. The van der Waals surface area contributed by atoms with Gasteiger partial charge in [0.05, 0.1) is 0 Å². The van der Waals surface area contributed by atoms with Crippen LogP contribution in [0.4, 0.5) is 13.2 Å². The van der Waals surface area contributed by atoms with Crippen molar-refractivity contribution in [1.29, 1.82) is 0 Å². The van der Waals surface area contributed by atoms with Gasteiger partial charge in [-0.15, -0.1) is 0 Å².